The number of aromatic nitrogens is 2. The van der Waals surface area contributed by atoms with Crippen LogP contribution >= 0.6 is 11.6 Å². The van der Waals surface area contributed by atoms with Crippen molar-refractivity contribution >= 4 is 34.3 Å². The van der Waals surface area contributed by atoms with Crippen LogP contribution in [0, 0.1) is 0 Å². The summed E-state index contributed by atoms with van der Waals surface area (Å²) >= 11 is 6.04. The van der Waals surface area contributed by atoms with E-state index in [0.29, 0.717) is 29.2 Å². The number of fused-ring (bicyclic) bond motifs is 1. The van der Waals surface area contributed by atoms with Gasteiger partial charge in [0.1, 0.15) is 6.54 Å². The van der Waals surface area contributed by atoms with Crippen molar-refractivity contribution in [2.75, 3.05) is 6.54 Å². The molecule has 2 heterocycles. The Bertz CT molecular complexity index is 1430. The van der Waals surface area contributed by atoms with Gasteiger partial charge in [0.2, 0.25) is 0 Å². The van der Waals surface area contributed by atoms with E-state index in [1.165, 1.54) is 0 Å². The third kappa shape index (κ3) is 5.58. The molecule has 5 rings (SSSR count). The molecule has 1 aromatic heterocycles. The van der Waals surface area contributed by atoms with Gasteiger partial charge in [0, 0.05) is 22.7 Å². The predicted octanol–water partition coefficient (Wildman–Crippen LogP) is 6.02. The maximum atomic E-state index is 12.8. The first-order valence-corrected chi connectivity index (χ1v) is 11.8. The molecule has 0 atom stereocenters. The van der Waals surface area contributed by atoms with E-state index < -0.39 is 0 Å². The first-order valence-electron chi connectivity index (χ1n) is 11.5. The molecule has 0 aliphatic carbocycles. The smallest absolute Gasteiger partial charge is 0.251 e. The topological polar surface area (TPSA) is 92.0 Å². The van der Waals surface area contributed by atoms with Gasteiger partial charge in [0.15, 0.2) is 0 Å². The molecule has 0 spiro atoms. The van der Waals surface area contributed by atoms with Crippen LogP contribution in [0.15, 0.2) is 88.2 Å². The molecule has 0 saturated carbocycles. The minimum Gasteiger partial charge on any atom is -0.348 e. The molecule has 0 radical (unpaired) electrons. The summed E-state index contributed by atoms with van der Waals surface area (Å²) < 4.78 is 0. The molecule has 0 bridgehead atoms. The third-order valence-electron chi connectivity index (χ3n) is 5.77. The quantitative estimate of drug-likeness (QED) is 0.332. The lowest BCUT2D eigenvalue weighted by Gasteiger charge is -2.11. The minimum absolute atomic E-state index is 0.172. The monoisotopic (exact) mass is 482 g/mol. The van der Waals surface area contributed by atoms with E-state index in [2.05, 4.69) is 20.8 Å². The summed E-state index contributed by atoms with van der Waals surface area (Å²) in [6.07, 6.45) is 2.41. The Hall–Kier alpha value is -3.97. The zero-order valence-corrected chi connectivity index (χ0v) is 19.7. The Balaban J connectivity index is 1.39. The van der Waals surface area contributed by atoms with Crippen LogP contribution in [-0.4, -0.2) is 28.1 Å². The Morgan fingerprint density at radius 3 is 2.60 bits per heavy atom. The van der Waals surface area contributed by atoms with E-state index in [9.17, 15) is 4.79 Å². The fourth-order valence-corrected chi connectivity index (χ4v) is 4.21. The first kappa shape index (κ1) is 22.8. The van der Waals surface area contributed by atoms with Gasteiger partial charge in [0.05, 0.1) is 28.1 Å². The molecule has 0 saturated heterocycles. The van der Waals surface area contributed by atoms with Crippen molar-refractivity contribution in [1.29, 1.82) is 0 Å². The Kier molecular flexibility index (Phi) is 6.86. The lowest BCUT2D eigenvalue weighted by molar-refractivity contribution is 0.0951. The van der Waals surface area contributed by atoms with Gasteiger partial charge < -0.3 is 5.32 Å². The molecule has 7 nitrogen and oxygen atoms in total. The average Bonchev–Trinajstić information content (AvgIpc) is 3.41. The number of carbonyl (C=O) groups is 1. The van der Waals surface area contributed by atoms with Crippen LogP contribution in [-0.2, 0) is 13.0 Å². The number of benzene rings is 3. The fourth-order valence-electron chi connectivity index (χ4n) is 3.99. The molecular formula is C27H23ClN6O. The summed E-state index contributed by atoms with van der Waals surface area (Å²) in [6.45, 7) is 0.965. The van der Waals surface area contributed by atoms with Crippen molar-refractivity contribution in [3.8, 4) is 11.3 Å². The second-order valence-electron chi connectivity index (χ2n) is 8.31. The fraction of sp³-hybridized carbons (Fsp3) is 0.185. The second kappa shape index (κ2) is 10.5. The Morgan fingerprint density at radius 2 is 1.80 bits per heavy atom. The highest BCUT2D eigenvalue weighted by molar-refractivity contribution is 6.30. The van der Waals surface area contributed by atoms with Crippen LogP contribution in [0.25, 0.3) is 22.3 Å². The number of halogens is 1. The van der Waals surface area contributed by atoms with Gasteiger partial charge in [-0.1, -0.05) is 54.1 Å². The Labute approximate surface area is 208 Å². The van der Waals surface area contributed by atoms with Crippen molar-refractivity contribution in [3.05, 3.63) is 94.6 Å². The van der Waals surface area contributed by atoms with E-state index in [0.717, 1.165) is 53.0 Å². The first-order chi connectivity index (χ1) is 17.2. The molecular weight excluding hydrogens is 460 g/mol. The lowest BCUT2D eigenvalue weighted by Crippen LogP contribution is -2.22. The standard InChI is InChI=1S/C27H23ClN6O/c28-21-9-4-6-18(14-21)16-29-27(35)20-12-13-23-25(15-20)31-24(11-5-10-22-17-30-34-33-22)26(32-23)19-7-2-1-3-8-19/h1-4,6-9,12-15H,5,10-11,16-17H2,(H,29,35). The molecule has 174 valence electrons. The molecule has 0 unspecified atom stereocenters. The number of nitrogens with one attached hydrogen (secondary N) is 1. The van der Waals surface area contributed by atoms with E-state index in [1.54, 1.807) is 12.1 Å². The number of hydrogen-bond acceptors (Lipinski definition) is 6. The predicted molar refractivity (Wildman–Crippen MR) is 138 cm³/mol. The second-order valence-corrected chi connectivity index (χ2v) is 8.75. The van der Waals surface area contributed by atoms with Crippen molar-refractivity contribution in [2.45, 2.75) is 25.8 Å². The van der Waals surface area contributed by atoms with Gasteiger partial charge in [-0.2, -0.15) is 5.11 Å². The average molecular weight is 483 g/mol. The molecule has 1 aliphatic heterocycles. The van der Waals surface area contributed by atoms with Crippen LogP contribution in [0.3, 0.4) is 0 Å². The van der Waals surface area contributed by atoms with E-state index in [1.807, 2.05) is 60.7 Å². The molecule has 8 heteroatoms. The molecule has 1 N–H and O–H groups in total. The van der Waals surface area contributed by atoms with Crippen LogP contribution < -0.4 is 5.32 Å². The van der Waals surface area contributed by atoms with Gasteiger partial charge in [-0.3, -0.25) is 4.79 Å². The van der Waals surface area contributed by atoms with Gasteiger partial charge in [-0.25, -0.2) is 9.97 Å². The maximum Gasteiger partial charge on any atom is 0.251 e. The molecule has 4 aromatic rings. The highest BCUT2D eigenvalue weighted by atomic mass is 35.5. The number of nitrogens with zero attached hydrogens (tertiary/aromatic N) is 5. The van der Waals surface area contributed by atoms with Crippen molar-refractivity contribution in [2.24, 2.45) is 15.4 Å². The highest BCUT2D eigenvalue weighted by Crippen LogP contribution is 2.25. The van der Waals surface area contributed by atoms with E-state index in [-0.39, 0.29) is 5.91 Å². The largest absolute Gasteiger partial charge is 0.348 e. The van der Waals surface area contributed by atoms with Crippen LogP contribution in [0.4, 0.5) is 0 Å². The third-order valence-corrected chi connectivity index (χ3v) is 6.00. The van der Waals surface area contributed by atoms with E-state index >= 15 is 0 Å². The van der Waals surface area contributed by atoms with Crippen molar-refractivity contribution in [1.82, 2.24) is 15.3 Å². The number of rotatable bonds is 8. The number of carbonyl (C=O) groups excluding carboxylic acids is 1. The number of amides is 1. The summed E-state index contributed by atoms with van der Waals surface area (Å²) in [7, 11) is 0. The summed E-state index contributed by atoms with van der Waals surface area (Å²) in [6, 6.07) is 22.9. The van der Waals surface area contributed by atoms with Gasteiger partial charge >= 0.3 is 0 Å². The summed E-state index contributed by atoms with van der Waals surface area (Å²) in [5, 5.41) is 15.3. The van der Waals surface area contributed by atoms with Gasteiger partial charge in [0.25, 0.3) is 5.91 Å². The summed E-state index contributed by atoms with van der Waals surface area (Å²) in [5.41, 5.74) is 6.67. The molecule has 35 heavy (non-hydrogen) atoms. The summed E-state index contributed by atoms with van der Waals surface area (Å²) in [5.74, 6) is -0.172. The highest BCUT2D eigenvalue weighted by Gasteiger charge is 2.14. The molecule has 0 fully saturated rings. The molecule has 1 amide bonds. The zero-order chi connectivity index (χ0) is 24.0. The van der Waals surface area contributed by atoms with E-state index in [4.69, 9.17) is 21.6 Å². The minimum atomic E-state index is -0.172. The Morgan fingerprint density at radius 1 is 0.914 bits per heavy atom. The van der Waals surface area contributed by atoms with Gasteiger partial charge in [-0.05, 0) is 60.4 Å². The number of aryl methyl sites for hydroxylation is 1. The normalized spacial score (nSPS) is 12.7. The maximum absolute atomic E-state index is 12.8. The van der Waals surface area contributed by atoms with Gasteiger partial charge in [-0.15, -0.1) is 5.10 Å². The van der Waals surface area contributed by atoms with Crippen LogP contribution in [0.1, 0.15) is 34.5 Å². The van der Waals surface area contributed by atoms with Crippen molar-refractivity contribution in [3.63, 3.8) is 0 Å². The molecule has 1 aliphatic rings. The van der Waals surface area contributed by atoms with Crippen LogP contribution in [0.2, 0.25) is 5.02 Å². The van der Waals surface area contributed by atoms with Crippen LogP contribution in [0.5, 0.6) is 0 Å². The number of hydrogen-bond donors (Lipinski definition) is 1. The summed E-state index contributed by atoms with van der Waals surface area (Å²) in [4.78, 5) is 22.7. The molecule has 3 aromatic carbocycles. The lowest BCUT2D eigenvalue weighted by atomic mass is 10.0. The zero-order valence-electron chi connectivity index (χ0n) is 19.0. The SMILES string of the molecule is O=C(NCc1cccc(Cl)c1)c1ccc2nc(-c3ccccc3)c(CCCC3=NN=NC3)nc2c1. The van der Waals surface area contributed by atoms with Crippen molar-refractivity contribution < 1.29 is 4.79 Å².